The highest BCUT2D eigenvalue weighted by molar-refractivity contribution is 5.78. The number of hydrogen-bond acceptors (Lipinski definition) is 5. The molecule has 104 valence electrons. The van der Waals surface area contributed by atoms with Crippen LogP contribution in [-0.4, -0.2) is 22.5 Å². The zero-order valence-corrected chi connectivity index (χ0v) is 11.4. The van der Waals surface area contributed by atoms with Crippen LogP contribution in [-0.2, 0) is 4.79 Å². The zero-order valence-electron chi connectivity index (χ0n) is 11.4. The second kappa shape index (κ2) is 6.51. The first-order valence-corrected chi connectivity index (χ1v) is 6.17. The first-order chi connectivity index (χ1) is 9.65. The molecule has 1 amide bonds. The van der Waals surface area contributed by atoms with E-state index >= 15 is 0 Å². The molecule has 6 nitrogen and oxygen atoms in total. The van der Waals surface area contributed by atoms with E-state index in [4.69, 9.17) is 4.74 Å². The van der Waals surface area contributed by atoms with Crippen LogP contribution in [0.1, 0.15) is 11.1 Å². The van der Waals surface area contributed by atoms with E-state index in [0.29, 0.717) is 11.7 Å². The molecule has 0 aliphatic carbocycles. The number of nitrogens with one attached hydrogen (secondary N) is 2. The largest absolute Gasteiger partial charge is 0.483 e. The fourth-order valence-corrected chi connectivity index (χ4v) is 1.53. The summed E-state index contributed by atoms with van der Waals surface area (Å²) in [4.78, 5) is 19.5. The van der Waals surface area contributed by atoms with Gasteiger partial charge in [-0.2, -0.15) is 0 Å². The number of benzene rings is 1. The lowest BCUT2D eigenvalue weighted by molar-refractivity contribution is -0.122. The summed E-state index contributed by atoms with van der Waals surface area (Å²) in [5.74, 6) is 0.724. The predicted octanol–water partition coefficient (Wildman–Crippen LogP) is 1.62. The summed E-state index contributed by atoms with van der Waals surface area (Å²) >= 11 is 0. The summed E-state index contributed by atoms with van der Waals surface area (Å²) in [7, 11) is 0. The Morgan fingerprint density at radius 3 is 2.75 bits per heavy atom. The number of anilines is 1. The van der Waals surface area contributed by atoms with E-state index in [1.165, 1.54) is 0 Å². The number of aromatic nitrogens is 2. The van der Waals surface area contributed by atoms with Crippen molar-refractivity contribution in [3.63, 3.8) is 0 Å². The molecule has 2 N–H and O–H groups in total. The van der Waals surface area contributed by atoms with Crippen molar-refractivity contribution in [3.8, 4) is 5.75 Å². The predicted molar refractivity (Wildman–Crippen MR) is 75.2 cm³/mol. The Labute approximate surface area is 117 Å². The Morgan fingerprint density at radius 2 is 2.00 bits per heavy atom. The van der Waals surface area contributed by atoms with Crippen molar-refractivity contribution in [3.05, 3.63) is 47.8 Å². The van der Waals surface area contributed by atoms with Gasteiger partial charge in [-0.15, -0.1) is 0 Å². The van der Waals surface area contributed by atoms with Crippen molar-refractivity contribution in [2.24, 2.45) is 0 Å². The fraction of sp³-hybridized carbons (Fsp3) is 0.214. The van der Waals surface area contributed by atoms with Crippen molar-refractivity contribution in [1.29, 1.82) is 0 Å². The van der Waals surface area contributed by atoms with Crippen LogP contribution >= 0.6 is 0 Å². The molecule has 1 heterocycles. The van der Waals surface area contributed by atoms with Gasteiger partial charge in [0.05, 0.1) is 0 Å². The molecule has 0 spiro atoms. The van der Waals surface area contributed by atoms with Gasteiger partial charge in [0.15, 0.2) is 6.61 Å². The highest BCUT2D eigenvalue weighted by atomic mass is 16.5. The second-order valence-corrected chi connectivity index (χ2v) is 4.30. The van der Waals surface area contributed by atoms with Gasteiger partial charge in [0, 0.05) is 12.4 Å². The van der Waals surface area contributed by atoms with Gasteiger partial charge in [-0.05, 0) is 37.1 Å². The molecule has 0 radical (unpaired) electrons. The Morgan fingerprint density at radius 1 is 1.25 bits per heavy atom. The third kappa shape index (κ3) is 3.94. The van der Waals surface area contributed by atoms with Gasteiger partial charge in [0.2, 0.25) is 5.95 Å². The van der Waals surface area contributed by atoms with Crippen molar-refractivity contribution in [1.82, 2.24) is 15.4 Å². The average molecular weight is 272 g/mol. The number of aryl methyl sites for hydroxylation is 2. The van der Waals surface area contributed by atoms with Crippen LogP contribution in [0, 0.1) is 13.8 Å². The molecule has 1 aromatic carbocycles. The average Bonchev–Trinajstić information content (AvgIpc) is 2.47. The standard InChI is InChI=1S/C14H16N4O2/c1-10-4-5-11(2)12(8-10)20-9-13(19)17-18-14-15-6-3-7-16-14/h3-8H,9H2,1-2H3,(H,17,19)(H,15,16,18). The van der Waals surface area contributed by atoms with Crippen LogP contribution in [0.5, 0.6) is 5.75 Å². The van der Waals surface area contributed by atoms with E-state index < -0.39 is 0 Å². The van der Waals surface area contributed by atoms with Crippen LogP contribution < -0.4 is 15.6 Å². The van der Waals surface area contributed by atoms with Crippen molar-refractivity contribution in [2.45, 2.75) is 13.8 Å². The third-order valence-corrected chi connectivity index (χ3v) is 2.58. The summed E-state index contributed by atoms with van der Waals surface area (Å²) < 4.78 is 5.47. The number of nitrogens with zero attached hydrogens (tertiary/aromatic N) is 2. The molecule has 0 saturated carbocycles. The Hall–Kier alpha value is -2.63. The molecule has 2 rings (SSSR count). The minimum atomic E-state index is -0.307. The minimum Gasteiger partial charge on any atom is -0.483 e. The molecular weight excluding hydrogens is 256 g/mol. The summed E-state index contributed by atoms with van der Waals surface area (Å²) in [6, 6.07) is 7.54. The summed E-state index contributed by atoms with van der Waals surface area (Å²) in [5, 5.41) is 0. The molecule has 0 aliphatic rings. The molecule has 0 fully saturated rings. The van der Waals surface area contributed by atoms with Crippen molar-refractivity contribution >= 4 is 11.9 Å². The molecule has 6 heteroatoms. The maximum absolute atomic E-state index is 11.6. The highest BCUT2D eigenvalue weighted by Gasteiger charge is 2.05. The van der Waals surface area contributed by atoms with Crippen molar-refractivity contribution < 1.29 is 9.53 Å². The molecule has 0 unspecified atom stereocenters. The number of carbonyl (C=O) groups excluding carboxylic acids is 1. The number of hydrogen-bond donors (Lipinski definition) is 2. The molecule has 1 aromatic heterocycles. The lowest BCUT2D eigenvalue weighted by Gasteiger charge is -2.10. The van der Waals surface area contributed by atoms with Crippen LogP contribution in [0.2, 0.25) is 0 Å². The van der Waals surface area contributed by atoms with Gasteiger partial charge in [0.25, 0.3) is 5.91 Å². The van der Waals surface area contributed by atoms with Crippen LogP contribution in [0.4, 0.5) is 5.95 Å². The Balaban J connectivity index is 1.82. The van der Waals surface area contributed by atoms with Crippen LogP contribution in [0.15, 0.2) is 36.7 Å². The number of rotatable bonds is 5. The molecule has 20 heavy (non-hydrogen) atoms. The zero-order chi connectivity index (χ0) is 14.4. The molecular formula is C14H16N4O2. The molecule has 0 bridgehead atoms. The Kier molecular flexibility index (Phi) is 4.49. The normalized spacial score (nSPS) is 9.90. The topological polar surface area (TPSA) is 76.1 Å². The number of carbonyl (C=O) groups is 1. The lowest BCUT2D eigenvalue weighted by atomic mass is 10.1. The van der Waals surface area contributed by atoms with Gasteiger partial charge in [-0.3, -0.25) is 15.6 Å². The first kappa shape index (κ1) is 13.8. The maximum atomic E-state index is 11.6. The fourth-order valence-electron chi connectivity index (χ4n) is 1.53. The SMILES string of the molecule is Cc1ccc(C)c(OCC(=O)NNc2ncccn2)c1. The Bertz CT molecular complexity index is 587. The minimum absolute atomic E-state index is 0.0792. The van der Waals surface area contributed by atoms with E-state index in [0.717, 1.165) is 11.1 Å². The first-order valence-electron chi connectivity index (χ1n) is 6.17. The lowest BCUT2D eigenvalue weighted by Crippen LogP contribution is -2.34. The summed E-state index contributed by atoms with van der Waals surface area (Å²) in [6.07, 6.45) is 3.15. The molecule has 2 aromatic rings. The number of amides is 1. The monoisotopic (exact) mass is 272 g/mol. The third-order valence-electron chi connectivity index (χ3n) is 2.58. The van der Waals surface area contributed by atoms with E-state index in [-0.39, 0.29) is 12.5 Å². The number of ether oxygens (including phenoxy) is 1. The van der Waals surface area contributed by atoms with Gasteiger partial charge in [-0.1, -0.05) is 12.1 Å². The van der Waals surface area contributed by atoms with Gasteiger partial charge in [0.1, 0.15) is 5.75 Å². The molecule has 0 saturated heterocycles. The molecule has 0 aliphatic heterocycles. The van der Waals surface area contributed by atoms with Crippen LogP contribution in [0.3, 0.4) is 0 Å². The van der Waals surface area contributed by atoms with Crippen LogP contribution in [0.25, 0.3) is 0 Å². The highest BCUT2D eigenvalue weighted by Crippen LogP contribution is 2.18. The van der Waals surface area contributed by atoms with Gasteiger partial charge < -0.3 is 4.74 Å². The van der Waals surface area contributed by atoms with E-state index in [9.17, 15) is 4.79 Å². The summed E-state index contributed by atoms with van der Waals surface area (Å²) in [6.45, 7) is 3.83. The maximum Gasteiger partial charge on any atom is 0.276 e. The van der Waals surface area contributed by atoms with E-state index in [1.54, 1.807) is 18.5 Å². The quantitative estimate of drug-likeness (QED) is 0.809. The van der Waals surface area contributed by atoms with Crippen molar-refractivity contribution in [2.75, 3.05) is 12.0 Å². The molecule has 0 atom stereocenters. The second-order valence-electron chi connectivity index (χ2n) is 4.30. The van der Waals surface area contributed by atoms with Gasteiger partial charge >= 0.3 is 0 Å². The summed E-state index contributed by atoms with van der Waals surface area (Å²) in [5.41, 5.74) is 7.14. The van der Waals surface area contributed by atoms with Gasteiger partial charge in [-0.25, -0.2) is 9.97 Å². The van der Waals surface area contributed by atoms with E-state index in [2.05, 4.69) is 20.8 Å². The van der Waals surface area contributed by atoms with E-state index in [1.807, 2.05) is 32.0 Å². The smallest absolute Gasteiger partial charge is 0.276 e. The number of hydrazine groups is 1.